The predicted octanol–water partition coefficient (Wildman–Crippen LogP) is 6.44. The Kier molecular flexibility index (Phi) is 6.26. The van der Waals surface area contributed by atoms with Crippen LogP contribution in [0.15, 0.2) is 64.1 Å². The number of halogens is 2. The van der Waals surface area contributed by atoms with Gasteiger partial charge in [-0.25, -0.2) is 0 Å². The van der Waals surface area contributed by atoms with E-state index in [9.17, 15) is 10.1 Å². The van der Waals surface area contributed by atoms with Crippen LogP contribution in [-0.4, -0.2) is 5.97 Å². The van der Waals surface area contributed by atoms with Gasteiger partial charge in [-0.15, -0.1) is 0 Å². The second kappa shape index (κ2) is 8.50. The van der Waals surface area contributed by atoms with Crippen LogP contribution in [0, 0.1) is 28.6 Å². The van der Waals surface area contributed by atoms with Crippen LogP contribution in [0.3, 0.4) is 0 Å². The summed E-state index contributed by atoms with van der Waals surface area (Å²) in [5, 5.41) is 12.9. The van der Waals surface area contributed by atoms with E-state index in [2.05, 4.69) is 43.2 Å². The smallest absolute Gasteiger partial charge is 0.311 e. The van der Waals surface area contributed by atoms with E-state index in [0.717, 1.165) is 14.8 Å². The van der Waals surface area contributed by atoms with Crippen molar-refractivity contribution in [3.8, 4) is 6.07 Å². The van der Waals surface area contributed by atoms with Crippen LogP contribution in [-0.2, 0) is 9.53 Å². The number of nitrogens with one attached hydrogen (secondary N) is 1. The second-order valence-electron chi connectivity index (χ2n) is 7.34. The van der Waals surface area contributed by atoms with Crippen LogP contribution in [0.25, 0.3) is 0 Å². The average Bonchev–Trinajstić information content (AvgIpc) is 3.20. The number of nitrogens with zero attached hydrogens (tertiary/aromatic N) is 1. The molecular formula is C22H20Br2N2O2. The third kappa shape index (κ3) is 4.65. The number of hydrogen-bond acceptors (Lipinski definition) is 4. The van der Waals surface area contributed by atoms with Crippen LogP contribution in [0.1, 0.15) is 25.5 Å². The highest BCUT2D eigenvalue weighted by Gasteiger charge is 2.61. The highest BCUT2D eigenvalue weighted by Crippen LogP contribution is 2.60. The molecule has 3 rings (SSSR count). The van der Waals surface area contributed by atoms with Crippen molar-refractivity contribution >= 4 is 49.2 Å². The molecular weight excluding hydrogens is 484 g/mol. The molecule has 0 saturated heterocycles. The molecule has 0 heterocycles. The molecule has 1 fully saturated rings. The van der Waals surface area contributed by atoms with Gasteiger partial charge in [-0.1, -0.05) is 50.3 Å². The molecule has 0 radical (unpaired) electrons. The molecule has 0 spiro atoms. The quantitative estimate of drug-likeness (QED) is 0.460. The summed E-state index contributed by atoms with van der Waals surface area (Å²) in [5.74, 6) is -0.543. The highest BCUT2D eigenvalue weighted by atomic mass is 79.9. The van der Waals surface area contributed by atoms with E-state index in [-0.39, 0.29) is 23.2 Å². The Balaban J connectivity index is 1.72. The van der Waals surface area contributed by atoms with Gasteiger partial charge >= 0.3 is 5.97 Å². The van der Waals surface area contributed by atoms with Gasteiger partial charge in [0.25, 0.3) is 0 Å². The van der Waals surface area contributed by atoms with Gasteiger partial charge in [0.05, 0.1) is 9.31 Å². The third-order valence-corrected chi connectivity index (χ3v) is 5.60. The van der Waals surface area contributed by atoms with Crippen molar-refractivity contribution in [2.75, 3.05) is 5.32 Å². The molecule has 144 valence electrons. The summed E-state index contributed by atoms with van der Waals surface area (Å²) in [6.07, 6.45) is 1.01. The minimum Gasteiger partial charge on any atom is -0.442 e. The van der Waals surface area contributed by atoms with Crippen molar-refractivity contribution in [3.05, 3.63) is 69.6 Å². The topological polar surface area (TPSA) is 62.1 Å². The molecule has 1 aliphatic carbocycles. The molecule has 3 unspecified atom stereocenters. The molecule has 4 nitrogen and oxygen atoms in total. The van der Waals surface area contributed by atoms with E-state index in [1.807, 2.05) is 68.5 Å². The maximum Gasteiger partial charge on any atom is 0.311 e. The van der Waals surface area contributed by atoms with Gasteiger partial charge < -0.3 is 10.1 Å². The van der Waals surface area contributed by atoms with Gasteiger partial charge in [-0.2, -0.15) is 5.26 Å². The van der Waals surface area contributed by atoms with Crippen LogP contribution < -0.4 is 5.32 Å². The largest absolute Gasteiger partial charge is 0.442 e. The molecule has 2 aromatic carbocycles. The molecule has 0 amide bonds. The molecule has 1 aliphatic rings. The Hall–Kier alpha value is -2.10. The zero-order valence-electron chi connectivity index (χ0n) is 15.5. The van der Waals surface area contributed by atoms with Crippen LogP contribution >= 0.6 is 31.9 Å². The molecule has 0 aromatic heterocycles. The van der Waals surface area contributed by atoms with E-state index >= 15 is 0 Å². The lowest BCUT2D eigenvalue weighted by Gasteiger charge is -2.14. The van der Waals surface area contributed by atoms with Crippen LogP contribution in [0.2, 0.25) is 0 Å². The van der Waals surface area contributed by atoms with Crippen molar-refractivity contribution in [1.29, 1.82) is 5.26 Å². The highest BCUT2D eigenvalue weighted by molar-refractivity contribution is 9.28. The van der Waals surface area contributed by atoms with Crippen molar-refractivity contribution in [2.45, 2.75) is 20.0 Å². The van der Waals surface area contributed by atoms with Gasteiger partial charge in [0.15, 0.2) is 0 Å². The summed E-state index contributed by atoms with van der Waals surface area (Å²) in [7, 11) is 0. The lowest BCUT2D eigenvalue weighted by Crippen LogP contribution is -2.14. The molecule has 2 aromatic rings. The zero-order valence-corrected chi connectivity index (χ0v) is 18.7. The van der Waals surface area contributed by atoms with Crippen molar-refractivity contribution < 1.29 is 9.53 Å². The molecule has 0 bridgehead atoms. The first-order valence-electron chi connectivity index (χ1n) is 8.88. The van der Waals surface area contributed by atoms with E-state index in [0.29, 0.717) is 5.56 Å². The van der Waals surface area contributed by atoms with E-state index in [4.69, 9.17) is 4.74 Å². The van der Waals surface area contributed by atoms with Gasteiger partial charge in [-0.05, 0) is 67.5 Å². The van der Waals surface area contributed by atoms with Gasteiger partial charge in [0, 0.05) is 16.9 Å². The Morgan fingerprint density at radius 3 is 2.50 bits per heavy atom. The molecule has 3 atom stereocenters. The Morgan fingerprint density at radius 1 is 1.18 bits per heavy atom. The number of rotatable bonds is 6. The number of ether oxygens (including phenoxy) is 1. The Bertz CT molecular complexity index is 931. The fourth-order valence-corrected chi connectivity index (χ4v) is 3.97. The lowest BCUT2D eigenvalue weighted by molar-refractivity contribution is -0.149. The standard InChI is InChI=1S/C22H20Br2N2O2/c1-22(2)17(12-19(23)24)20(22)21(27)28-18(13-25)14-7-6-10-16(11-14)26-15-8-4-3-5-9-15/h3-12,17-18,20,26H,1-2H3. The first-order valence-corrected chi connectivity index (χ1v) is 10.5. The first kappa shape index (κ1) is 20.6. The number of carbonyl (C=O) groups excluding carboxylic acids is 1. The Morgan fingerprint density at radius 2 is 1.86 bits per heavy atom. The number of esters is 1. The SMILES string of the molecule is CC1(C)C(C=C(Br)Br)C1C(=O)OC(C#N)c1cccc(Nc2ccccc2)c1. The number of hydrogen-bond donors (Lipinski definition) is 1. The van der Waals surface area contributed by atoms with Gasteiger partial charge in [-0.3, -0.25) is 4.79 Å². The number of benzene rings is 2. The summed E-state index contributed by atoms with van der Waals surface area (Å²) in [5.41, 5.74) is 2.22. The molecule has 1 saturated carbocycles. The Labute approximate surface area is 181 Å². The number of carbonyl (C=O) groups is 1. The fraction of sp³-hybridized carbons (Fsp3) is 0.273. The third-order valence-electron chi connectivity index (χ3n) is 5.07. The lowest BCUT2D eigenvalue weighted by atomic mass is 10.1. The van der Waals surface area contributed by atoms with Crippen molar-refractivity contribution in [3.63, 3.8) is 0 Å². The van der Waals surface area contributed by atoms with Crippen LogP contribution in [0.5, 0.6) is 0 Å². The van der Waals surface area contributed by atoms with Gasteiger partial charge in [0.2, 0.25) is 6.10 Å². The maximum atomic E-state index is 12.7. The number of anilines is 2. The van der Waals surface area contributed by atoms with E-state index in [1.54, 1.807) is 6.07 Å². The molecule has 28 heavy (non-hydrogen) atoms. The predicted molar refractivity (Wildman–Crippen MR) is 117 cm³/mol. The van der Waals surface area contributed by atoms with E-state index in [1.165, 1.54) is 0 Å². The summed E-state index contributed by atoms with van der Waals surface area (Å²) in [6.45, 7) is 4.05. The average molecular weight is 504 g/mol. The minimum atomic E-state index is -0.946. The molecule has 1 N–H and O–H groups in total. The van der Waals surface area contributed by atoms with Crippen molar-refractivity contribution in [2.24, 2.45) is 17.3 Å². The molecule has 0 aliphatic heterocycles. The van der Waals surface area contributed by atoms with Gasteiger partial charge in [0.1, 0.15) is 6.07 Å². The van der Waals surface area contributed by atoms with E-state index < -0.39 is 6.10 Å². The molecule has 6 heteroatoms. The first-order chi connectivity index (χ1) is 13.3. The second-order valence-corrected chi connectivity index (χ2v) is 10.1. The summed E-state index contributed by atoms with van der Waals surface area (Å²) in [4.78, 5) is 12.7. The normalized spacial score (nSPS) is 20.4. The summed E-state index contributed by atoms with van der Waals surface area (Å²) < 4.78 is 6.38. The summed E-state index contributed by atoms with van der Waals surface area (Å²) >= 11 is 6.69. The fourth-order valence-electron chi connectivity index (χ4n) is 3.40. The minimum absolute atomic E-state index is 0.0687. The van der Waals surface area contributed by atoms with Crippen molar-refractivity contribution in [1.82, 2.24) is 0 Å². The maximum absolute atomic E-state index is 12.7. The number of nitriles is 1. The number of allylic oxidation sites excluding steroid dienone is 1. The summed E-state index contributed by atoms with van der Waals surface area (Å²) in [6, 6.07) is 19.2. The zero-order chi connectivity index (χ0) is 20.3. The monoisotopic (exact) mass is 502 g/mol. The number of para-hydroxylation sites is 1. The van der Waals surface area contributed by atoms with Crippen LogP contribution in [0.4, 0.5) is 11.4 Å².